The van der Waals surface area contributed by atoms with E-state index in [9.17, 15) is 18.0 Å². The van der Waals surface area contributed by atoms with Crippen LogP contribution in [0.15, 0.2) is 0 Å². The lowest BCUT2D eigenvalue weighted by molar-refractivity contribution is -0.154. The van der Waals surface area contributed by atoms with Crippen LogP contribution in [0.25, 0.3) is 0 Å². The number of hydrogen-bond acceptors (Lipinski definition) is 4. The van der Waals surface area contributed by atoms with Crippen LogP contribution in [0, 0.1) is 0 Å². The Labute approximate surface area is 114 Å². The number of rotatable bonds is 5. The first-order valence-electron chi connectivity index (χ1n) is 6.48. The summed E-state index contributed by atoms with van der Waals surface area (Å²) in [6, 6.07) is -0.551. The molecule has 1 N–H and O–H groups in total. The molecule has 0 aromatic heterocycles. The van der Waals surface area contributed by atoms with E-state index in [1.807, 2.05) is 6.92 Å². The number of sulfone groups is 1. The lowest BCUT2D eigenvalue weighted by Gasteiger charge is -2.44. The van der Waals surface area contributed by atoms with Gasteiger partial charge in [-0.2, -0.15) is 0 Å². The number of nitrogens with zero attached hydrogens (tertiary/aromatic N) is 1. The van der Waals surface area contributed by atoms with Gasteiger partial charge in [-0.25, -0.2) is 8.42 Å². The van der Waals surface area contributed by atoms with Gasteiger partial charge >= 0.3 is 0 Å². The summed E-state index contributed by atoms with van der Waals surface area (Å²) in [6.07, 6.45) is 0.498. The van der Waals surface area contributed by atoms with E-state index in [4.69, 9.17) is 0 Å². The second kappa shape index (κ2) is 5.48. The second-order valence-electron chi connectivity index (χ2n) is 5.22. The van der Waals surface area contributed by atoms with Crippen molar-refractivity contribution in [1.82, 2.24) is 10.2 Å². The van der Waals surface area contributed by atoms with Gasteiger partial charge in [-0.05, 0) is 20.3 Å². The smallest absolute Gasteiger partial charge is 0.246 e. The molecule has 1 aliphatic heterocycles. The first-order valence-corrected chi connectivity index (χ1v) is 8.30. The van der Waals surface area contributed by atoms with Crippen molar-refractivity contribution in [3.05, 3.63) is 0 Å². The SMILES string of the molecule is CCC1NC(=O)C(C)(C)N(CCS(=O)(=O)CC)C1=O. The fourth-order valence-electron chi connectivity index (χ4n) is 2.02. The monoisotopic (exact) mass is 290 g/mol. The molecule has 0 aliphatic carbocycles. The Hall–Kier alpha value is -1.11. The van der Waals surface area contributed by atoms with Crippen LogP contribution in [-0.4, -0.2) is 54.8 Å². The van der Waals surface area contributed by atoms with Gasteiger partial charge < -0.3 is 10.2 Å². The van der Waals surface area contributed by atoms with Crippen LogP contribution in [0.4, 0.5) is 0 Å². The van der Waals surface area contributed by atoms with Crippen molar-refractivity contribution in [2.75, 3.05) is 18.1 Å². The quantitative estimate of drug-likeness (QED) is 0.768. The normalized spacial score (nSPS) is 23.4. The first kappa shape index (κ1) is 15.9. The summed E-state index contributed by atoms with van der Waals surface area (Å²) in [7, 11) is -3.16. The highest BCUT2D eigenvalue weighted by Crippen LogP contribution is 2.22. The third-order valence-corrected chi connectivity index (χ3v) is 5.26. The number of nitrogens with one attached hydrogen (secondary N) is 1. The molecule has 1 aliphatic rings. The summed E-state index contributed by atoms with van der Waals surface area (Å²) < 4.78 is 23.1. The standard InChI is InChI=1S/C12H22N2O4S/c1-5-9-10(15)14(7-8-19(17,18)6-2)12(3,4)11(16)13-9/h9H,5-8H2,1-4H3,(H,13,16). The minimum atomic E-state index is -3.16. The van der Waals surface area contributed by atoms with Crippen molar-refractivity contribution >= 4 is 21.7 Å². The molecular weight excluding hydrogens is 268 g/mol. The summed E-state index contributed by atoms with van der Waals surface area (Å²) in [4.78, 5) is 25.6. The largest absolute Gasteiger partial charge is 0.342 e. The fraction of sp³-hybridized carbons (Fsp3) is 0.833. The van der Waals surface area contributed by atoms with Crippen LogP contribution in [-0.2, 0) is 19.4 Å². The first-order chi connectivity index (χ1) is 8.65. The Bertz CT molecular complexity index is 470. The minimum Gasteiger partial charge on any atom is -0.342 e. The molecular formula is C12H22N2O4S. The van der Waals surface area contributed by atoms with Gasteiger partial charge in [-0.1, -0.05) is 13.8 Å². The van der Waals surface area contributed by atoms with E-state index in [0.717, 1.165) is 0 Å². The molecule has 0 saturated carbocycles. The Morgan fingerprint density at radius 1 is 1.26 bits per heavy atom. The van der Waals surface area contributed by atoms with Gasteiger partial charge in [-0.3, -0.25) is 9.59 Å². The molecule has 0 aromatic carbocycles. The lowest BCUT2D eigenvalue weighted by Crippen LogP contribution is -2.68. The Morgan fingerprint density at radius 2 is 1.84 bits per heavy atom. The number of carbonyl (C=O) groups is 2. The molecule has 19 heavy (non-hydrogen) atoms. The van der Waals surface area contributed by atoms with E-state index in [1.165, 1.54) is 4.90 Å². The number of amides is 2. The van der Waals surface area contributed by atoms with E-state index >= 15 is 0 Å². The molecule has 0 bridgehead atoms. The van der Waals surface area contributed by atoms with Crippen LogP contribution in [0.5, 0.6) is 0 Å². The van der Waals surface area contributed by atoms with E-state index < -0.39 is 21.4 Å². The maximum Gasteiger partial charge on any atom is 0.246 e. The predicted molar refractivity (Wildman–Crippen MR) is 72.3 cm³/mol. The van der Waals surface area contributed by atoms with E-state index in [0.29, 0.717) is 6.42 Å². The van der Waals surface area contributed by atoms with E-state index in [1.54, 1.807) is 20.8 Å². The molecule has 0 radical (unpaired) electrons. The lowest BCUT2D eigenvalue weighted by atomic mass is 9.95. The molecule has 0 spiro atoms. The molecule has 1 saturated heterocycles. The fourth-order valence-corrected chi connectivity index (χ4v) is 2.77. The van der Waals surface area contributed by atoms with E-state index in [-0.39, 0.29) is 29.9 Å². The van der Waals surface area contributed by atoms with Gasteiger partial charge in [0.25, 0.3) is 0 Å². The molecule has 2 amide bonds. The molecule has 1 atom stereocenters. The molecule has 1 unspecified atom stereocenters. The molecule has 7 heteroatoms. The Morgan fingerprint density at radius 3 is 2.32 bits per heavy atom. The number of hydrogen-bond donors (Lipinski definition) is 1. The van der Waals surface area contributed by atoms with Crippen LogP contribution < -0.4 is 5.32 Å². The average molecular weight is 290 g/mol. The molecule has 6 nitrogen and oxygen atoms in total. The molecule has 1 rings (SSSR count). The number of piperazine rings is 1. The molecule has 1 heterocycles. The average Bonchev–Trinajstić information content (AvgIpc) is 2.33. The number of carbonyl (C=O) groups excluding carboxylic acids is 2. The summed E-state index contributed by atoms with van der Waals surface area (Å²) in [5.41, 5.74) is -1.01. The van der Waals surface area contributed by atoms with Crippen LogP contribution >= 0.6 is 0 Å². The van der Waals surface area contributed by atoms with Gasteiger partial charge in [0.15, 0.2) is 9.84 Å². The molecule has 1 fully saturated rings. The maximum absolute atomic E-state index is 12.2. The second-order valence-corrected chi connectivity index (χ2v) is 7.69. The Kier molecular flexibility index (Phi) is 4.60. The van der Waals surface area contributed by atoms with Crippen molar-refractivity contribution in [3.63, 3.8) is 0 Å². The van der Waals surface area contributed by atoms with Crippen LogP contribution in [0.2, 0.25) is 0 Å². The zero-order valence-corrected chi connectivity index (χ0v) is 12.7. The third kappa shape index (κ3) is 3.26. The van der Waals surface area contributed by atoms with Crippen molar-refractivity contribution in [2.24, 2.45) is 0 Å². The highest BCUT2D eigenvalue weighted by molar-refractivity contribution is 7.91. The third-order valence-electron chi connectivity index (χ3n) is 3.57. The van der Waals surface area contributed by atoms with Crippen LogP contribution in [0.3, 0.4) is 0 Å². The van der Waals surface area contributed by atoms with E-state index in [2.05, 4.69) is 5.32 Å². The minimum absolute atomic E-state index is 0.0405. The summed E-state index contributed by atoms with van der Waals surface area (Å²) in [6.45, 7) is 6.70. The van der Waals surface area contributed by atoms with Crippen molar-refractivity contribution in [3.8, 4) is 0 Å². The predicted octanol–water partition coefficient (Wildman–Crippen LogP) is -0.0633. The van der Waals surface area contributed by atoms with Gasteiger partial charge in [0, 0.05) is 12.3 Å². The Balaban J connectivity index is 2.93. The zero-order chi connectivity index (χ0) is 14.8. The van der Waals surface area contributed by atoms with Crippen LogP contribution in [0.1, 0.15) is 34.1 Å². The van der Waals surface area contributed by atoms with Gasteiger partial charge in [0.2, 0.25) is 11.8 Å². The highest BCUT2D eigenvalue weighted by atomic mass is 32.2. The zero-order valence-electron chi connectivity index (χ0n) is 11.9. The van der Waals surface area contributed by atoms with Crippen molar-refractivity contribution in [2.45, 2.75) is 45.7 Å². The van der Waals surface area contributed by atoms with Gasteiger partial charge in [-0.15, -0.1) is 0 Å². The van der Waals surface area contributed by atoms with Crippen molar-refractivity contribution < 1.29 is 18.0 Å². The molecule has 110 valence electrons. The van der Waals surface area contributed by atoms with Gasteiger partial charge in [0.1, 0.15) is 11.6 Å². The van der Waals surface area contributed by atoms with Crippen molar-refractivity contribution in [1.29, 1.82) is 0 Å². The highest BCUT2D eigenvalue weighted by Gasteiger charge is 2.45. The summed E-state index contributed by atoms with van der Waals surface area (Å²) >= 11 is 0. The van der Waals surface area contributed by atoms with Gasteiger partial charge in [0.05, 0.1) is 5.75 Å². The maximum atomic E-state index is 12.2. The topological polar surface area (TPSA) is 83.6 Å². The summed E-state index contributed by atoms with van der Waals surface area (Å²) in [5.74, 6) is -0.521. The summed E-state index contributed by atoms with van der Waals surface area (Å²) in [5, 5.41) is 2.67. The molecule has 0 aromatic rings.